The van der Waals surface area contributed by atoms with E-state index in [1.165, 1.54) is 14.2 Å². The number of aliphatic imine (C=N–C) groups is 1. The molecule has 1 heterocycles. The van der Waals surface area contributed by atoms with E-state index in [9.17, 15) is 15.0 Å². The zero-order valence-electron chi connectivity index (χ0n) is 15.6. The first-order valence-corrected chi connectivity index (χ1v) is 9.20. The lowest BCUT2D eigenvalue weighted by molar-refractivity contribution is -0.135. The van der Waals surface area contributed by atoms with Crippen molar-refractivity contribution in [3.8, 4) is 11.5 Å². The molecule has 0 amide bonds. The third-order valence-corrected chi connectivity index (χ3v) is 5.16. The Labute approximate surface area is 166 Å². The number of phenolic OH excluding ortho intramolecular Hbond substituents is 1. The van der Waals surface area contributed by atoms with E-state index >= 15 is 0 Å². The third kappa shape index (κ3) is 3.75. The van der Waals surface area contributed by atoms with Crippen molar-refractivity contribution in [2.75, 3.05) is 14.2 Å². The number of phenols is 1. The SMILES string of the molecule is COC(=O)C1=C(O)/C(=C\c2cccc(C)c2O)SC1=Nc1ccccc1OC. The number of hydrogen-bond acceptors (Lipinski definition) is 7. The number of carbonyl (C=O) groups is 1. The first-order valence-electron chi connectivity index (χ1n) is 8.38. The van der Waals surface area contributed by atoms with E-state index in [4.69, 9.17) is 9.47 Å². The number of para-hydroxylation sites is 3. The molecule has 0 bridgehead atoms. The molecule has 0 spiro atoms. The minimum Gasteiger partial charge on any atom is -0.507 e. The van der Waals surface area contributed by atoms with E-state index < -0.39 is 5.97 Å². The number of hydrogen-bond donors (Lipinski definition) is 2. The van der Waals surface area contributed by atoms with Gasteiger partial charge in [0.15, 0.2) is 0 Å². The van der Waals surface area contributed by atoms with Crippen LogP contribution in [0.15, 0.2) is 63.7 Å². The lowest BCUT2D eigenvalue weighted by atomic mass is 10.1. The van der Waals surface area contributed by atoms with Crippen LogP contribution >= 0.6 is 11.8 Å². The van der Waals surface area contributed by atoms with Crippen LogP contribution in [-0.2, 0) is 9.53 Å². The molecule has 2 aromatic rings. The Balaban J connectivity index is 2.11. The minimum atomic E-state index is -0.699. The highest BCUT2D eigenvalue weighted by molar-refractivity contribution is 8.18. The largest absolute Gasteiger partial charge is 0.507 e. The molecule has 2 N–H and O–H groups in total. The summed E-state index contributed by atoms with van der Waals surface area (Å²) in [6.45, 7) is 1.78. The van der Waals surface area contributed by atoms with Gasteiger partial charge in [0.1, 0.15) is 33.6 Å². The van der Waals surface area contributed by atoms with E-state index in [-0.39, 0.29) is 22.1 Å². The molecule has 0 radical (unpaired) electrons. The normalized spacial score (nSPS) is 16.7. The Hall–Kier alpha value is -3.19. The van der Waals surface area contributed by atoms with Gasteiger partial charge in [0, 0.05) is 5.56 Å². The number of aliphatic hydroxyl groups is 1. The van der Waals surface area contributed by atoms with Gasteiger partial charge >= 0.3 is 5.97 Å². The van der Waals surface area contributed by atoms with Crippen molar-refractivity contribution in [2.45, 2.75) is 6.92 Å². The Morgan fingerprint density at radius 3 is 2.57 bits per heavy atom. The Bertz CT molecular complexity index is 1020. The zero-order chi connectivity index (χ0) is 20.3. The molecule has 3 rings (SSSR count). The Morgan fingerprint density at radius 1 is 1.11 bits per heavy atom. The molecule has 0 saturated carbocycles. The molecule has 0 aliphatic carbocycles. The second-order valence-electron chi connectivity index (χ2n) is 5.93. The molecule has 1 aliphatic heterocycles. The van der Waals surface area contributed by atoms with Gasteiger partial charge in [-0.2, -0.15) is 0 Å². The smallest absolute Gasteiger partial charge is 0.344 e. The topological polar surface area (TPSA) is 88.4 Å². The van der Waals surface area contributed by atoms with Gasteiger partial charge in [-0.05, 0) is 30.7 Å². The number of methoxy groups -OCH3 is 2. The Kier molecular flexibility index (Phi) is 5.75. The van der Waals surface area contributed by atoms with Crippen LogP contribution in [0.1, 0.15) is 11.1 Å². The molecule has 0 unspecified atom stereocenters. The highest BCUT2D eigenvalue weighted by Gasteiger charge is 2.33. The maximum absolute atomic E-state index is 12.3. The molecule has 144 valence electrons. The molecule has 0 atom stereocenters. The van der Waals surface area contributed by atoms with Crippen molar-refractivity contribution >= 4 is 34.5 Å². The van der Waals surface area contributed by atoms with Crippen molar-refractivity contribution in [2.24, 2.45) is 4.99 Å². The van der Waals surface area contributed by atoms with Crippen LogP contribution in [0.3, 0.4) is 0 Å². The molecular formula is C21H19NO5S. The molecule has 7 heteroatoms. The highest BCUT2D eigenvalue weighted by Crippen LogP contribution is 2.42. The van der Waals surface area contributed by atoms with Gasteiger partial charge in [0.05, 0.1) is 19.1 Å². The fourth-order valence-electron chi connectivity index (χ4n) is 2.66. The van der Waals surface area contributed by atoms with Crippen molar-refractivity contribution in [1.82, 2.24) is 0 Å². The summed E-state index contributed by atoms with van der Waals surface area (Å²) in [6.07, 6.45) is 1.61. The minimum absolute atomic E-state index is 0.0307. The lowest BCUT2D eigenvalue weighted by Crippen LogP contribution is -2.10. The quantitative estimate of drug-likeness (QED) is 0.738. The second kappa shape index (κ2) is 8.22. The number of nitrogens with zero attached hydrogens (tertiary/aromatic N) is 1. The zero-order valence-corrected chi connectivity index (χ0v) is 16.4. The van der Waals surface area contributed by atoms with E-state index in [0.29, 0.717) is 27.5 Å². The first kappa shape index (κ1) is 19.6. The molecule has 28 heavy (non-hydrogen) atoms. The van der Waals surface area contributed by atoms with Crippen molar-refractivity contribution < 1.29 is 24.5 Å². The summed E-state index contributed by atoms with van der Waals surface area (Å²) in [4.78, 5) is 17.1. The van der Waals surface area contributed by atoms with E-state index in [1.807, 2.05) is 6.07 Å². The lowest BCUT2D eigenvalue weighted by Gasteiger charge is -2.05. The van der Waals surface area contributed by atoms with Crippen LogP contribution in [-0.4, -0.2) is 35.4 Å². The molecule has 1 aliphatic rings. The fraction of sp³-hybridized carbons (Fsp3) is 0.143. The van der Waals surface area contributed by atoms with Crippen LogP contribution in [0.5, 0.6) is 11.5 Å². The van der Waals surface area contributed by atoms with Crippen molar-refractivity contribution in [1.29, 1.82) is 0 Å². The standard InChI is InChI=1S/C21H19NO5S/c1-12-7-6-8-13(18(12)23)11-16-19(24)17(21(25)27-3)20(28-16)22-14-9-4-5-10-15(14)26-2/h4-11,23-24H,1-3H3/b16-11+,22-20?. The second-order valence-corrected chi connectivity index (χ2v) is 6.96. The summed E-state index contributed by atoms with van der Waals surface area (Å²) < 4.78 is 10.1. The van der Waals surface area contributed by atoms with E-state index in [0.717, 1.165) is 11.8 Å². The summed E-state index contributed by atoms with van der Waals surface area (Å²) in [7, 11) is 2.77. The monoisotopic (exact) mass is 397 g/mol. The summed E-state index contributed by atoms with van der Waals surface area (Å²) in [5.74, 6) is -0.298. The number of esters is 1. The van der Waals surface area contributed by atoms with Crippen molar-refractivity contribution in [3.05, 3.63) is 69.8 Å². The molecule has 2 aromatic carbocycles. The first-order chi connectivity index (χ1) is 13.5. The predicted molar refractivity (Wildman–Crippen MR) is 110 cm³/mol. The molecular weight excluding hydrogens is 378 g/mol. The third-order valence-electron chi connectivity index (χ3n) is 4.14. The molecule has 0 fully saturated rings. The summed E-state index contributed by atoms with van der Waals surface area (Å²) in [5, 5.41) is 21.2. The number of carbonyl (C=O) groups excluding carboxylic acids is 1. The number of thioether (sulfide) groups is 1. The van der Waals surface area contributed by atoms with Gasteiger partial charge < -0.3 is 19.7 Å². The average Bonchev–Trinajstić information content (AvgIpc) is 3.00. The maximum Gasteiger partial charge on any atom is 0.344 e. The van der Waals surface area contributed by atoms with E-state index in [1.54, 1.807) is 49.4 Å². The van der Waals surface area contributed by atoms with Crippen LogP contribution in [0.2, 0.25) is 0 Å². The van der Waals surface area contributed by atoms with Crippen LogP contribution in [0.25, 0.3) is 6.08 Å². The number of ether oxygens (including phenoxy) is 2. The van der Waals surface area contributed by atoms with Gasteiger partial charge in [-0.1, -0.05) is 42.1 Å². The van der Waals surface area contributed by atoms with Crippen LogP contribution in [0, 0.1) is 6.92 Å². The van der Waals surface area contributed by atoms with Gasteiger partial charge in [-0.3, -0.25) is 0 Å². The number of aryl methyl sites for hydroxylation is 1. The molecule has 6 nitrogen and oxygen atoms in total. The average molecular weight is 397 g/mol. The summed E-state index contributed by atoms with van der Waals surface area (Å²) >= 11 is 1.11. The van der Waals surface area contributed by atoms with E-state index in [2.05, 4.69) is 4.99 Å². The predicted octanol–water partition coefficient (Wildman–Crippen LogP) is 4.51. The summed E-state index contributed by atoms with van der Waals surface area (Å²) in [6, 6.07) is 12.4. The Morgan fingerprint density at radius 2 is 1.86 bits per heavy atom. The number of benzene rings is 2. The highest BCUT2D eigenvalue weighted by atomic mass is 32.2. The van der Waals surface area contributed by atoms with Gasteiger partial charge in [-0.15, -0.1) is 0 Å². The fourth-order valence-corrected chi connectivity index (χ4v) is 3.68. The summed E-state index contributed by atoms with van der Waals surface area (Å²) in [5.41, 5.74) is 1.71. The molecule has 0 aromatic heterocycles. The van der Waals surface area contributed by atoms with Crippen LogP contribution in [0.4, 0.5) is 5.69 Å². The van der Waals surface area contributed by atoms with Crippen molar-refractivity contribution in [3.63, 3.8) is 0 Å². The van der Waals surface area contributed by atoms with Gasteiger partial charge in [-0.25, -0.2) is 9.79 Å². The molecule has 0 saturated heterocycles. The number of aliphatic hydroxyl groups excluding tert-OH is 1. The van der Waals surface area contributed by atoms with Gasteiger partial charge in [0.25, 0.3) is 0 Å². The van der Waals surface area contributed by atoms with Crippen LogP contribution < -0.4 is 4.74 Å². The maximum atomic E-state index is 12.3. The number of rotatable bonds is 4. The number of aromatic hydroxyl groups is 1. The van der Waals surface area contributed by atoms with Gasteiger partial charge in [0.2, 0.25) is 0 Å².